The topological polar surface area (TPSA) is 92.5 Å². The molecule has 0 unspecified atom stereocenters. The number of fused-ring (bicyclic) bond motifs is 2. The van der Waals surface area contributed by atoms with Crippen LogP contribution in [-0.2, 0) is 0 Å². The van der Waals surface area contributed by atoms with E-state index >= 15 is 0 Å². The molecule has 4 N–H and O–H groups in total. The second-order valence-corrected chi connectivity index (χ2v) is 4.71. The molecule has 0 aliphatic carbocycles. The number of H-pyrrole nitrogens is 1. The van der Waals surface area contributed by atoms with Gasteiger partial charge < -0.3 is 11.1 Å². The molecule has 102 valence electrons. The molecule has 0 amide bonds. The summed E-state index contributed by atoms with van der Waals surface area (Å²) >= 11 is 0. The molecule has 4 rings (SSSR count). The van der Waals surface area contributed by atoms with Gasteiger partial charge in [0, 0.05) is 11.1 Å². The quantitative estimate of drug-likeness (QED) is 0.523. The van der Waals surface area contributed by atoms with Gasteiger partial charge in [0.05, 0.1) is 11.6 Å². The van der Waals surface area contributed by atoms with Crippen molar-refractivity contribution in [2.75, 3.05) is 11.1 Å². The number of aromatic nitrogens is 4. The van der Waals surface area contributed by atoms with Gasteiger partial charge in [-0.2, -0.15) is 15.1 Å². The zero-order valence-electron chi connectivity index (χ0n) is 11.0. The van der Waals surface area contributed by atoms with Crippen molar-refractivity contribution < 1.29 is 0 Å². The van der Waals surface area contributed by atoms with Crippen LogP contribution in [0.3, 0.4) is 0 Å². The van der Waals surface area contributed by atoms with Gasteiger partial charge in [0.1, 0.15) is 5.82 Å². The van der Waals surface area contributed by atoms with Gasteiger partial charge in [0.15, 0.2) is 5.65 Å². The van der Waals surface area contributed by atoms with E-state index in [9.17, 15) is 0 Å². The summed E-state index contributed by atoms with van der Waals surface area (Å²) in [5, 5.41) is 13.2. The van der Waals surface area contributed by atoms with Gasteiger partial charge in [0.25, 0.3) is 0 Å². The molecule has 0 saturated carbocycles. The summed E-state index contributed by atoms with van der Waals surface area (Å²) in [6.07, 6.45) is 1.68. The van der Waals surface area contributed by atoms with E-state index in [1.807, 2.05) is 24.3 Å². The van der Waals surface area contributed by atoms with Gasteiger partial charge in [-0.25, -0.2) is 0 Å². The van der Waals surface area contributed by atoms with Crippen molar-refractivity contribution in [2.45, 2.75) is 0 Å². The Hall–Kier alpha value is -3.15. The minimum atomic E-state index is 0.203. The van der Waals surface area contributed by atoms with Crippen molar-refractivity contribution in [1.82, 2.24) is 20.2 Å². The Morgan fingerprint density at radius 2 is 1.81 bits per heavy atom. The summed E-state index contributed by atoms with van der Waals surface area (Å²) in [5.74, 6) is 0.845. The van der Waals surface area contributed by atoms with Crippen LogP contribution < -0.4 is 11.1 Å². The molecule has 2 aromatic heterocycles. The molecule has 0 aliphatic rings. The van der Waals surface area contributed by atoms with Crippen molar-refractivity contribution in [3.63, 3.8) is 0 Å². The van der Waals surface area contributed by atoms with Crippen LogP contribution in [0.5, 0.6) is 0 Å². The lowest BCUT2D eigenvalue weighted by Crippen LogP contribution is -2.01. The highest BCUT2D eigenvalue weighted by Gasteiger charge is 2.09. The molecule has 0 aliphatic heterocycles. The third kappa shape index (κ3) is 1.93. The smallest absolute Gasteiger partial charge is 0.224 e. The molecule has 21 heavy (non-hydrogen) atoms. The maximum absolute atomic E-state index is 5.74. The van der Waals surface area contributed by atoms with E-state index < -0.39 is 0 Å². The number of nitrogens with zero attached hydrogens (tertiary/aromatic N) is 3. The first-order valence-corrected chi connectivity index (χ1v) is 6.52. The Balaban J connectivity index is 1.89. The third-order valence-electron chi connectivity index (χ3n) is 3.37. The molecule has 0 bridgehead atoms. The zero-order valence-corrected chi connectivity index (χ0v) is 11.0. The Morgan fingerprint density at radius 1 is 0.952 bits per heavy atom. The standard InChI is InChI=1S/C15H12N6/c16-15-19-13(11-8-17-21-14(11)20-15)18-12-7-3-5-9-4-1-2-6-10(9)12/h1-8H,(H4,16,17,18,19,20,21). The molecular weight excluding hydrogens is 264 g/mol. The Bertz CT molecular complexity index is 938. The number of aromatic amines is 1. The number of nitrogens with one attached hydrogen (secondary N) is 2. The predicted molar refractivity (Wildman–Crippen MR) is 83.3 cm³/mol. The summed E-state index contributed by atoms with van der Waals surface area (Å²) < 4.78 is 0. The second kappa shape index (κ2) is 4.45. The Morgan fingerprint density at radius 3 is 2.76 bits per heavy atom. The fraction of sp³-hybridized carbons (Fsp3) is 0. The van der Waals surface area contributed by atoms with Gasteiger partial charge >= 0.3 is 0 Å². The number of rotatable bonds is 2. The zero-order chi connectivity index (χ0) is 14.2. The van der Waals surface area contributed by atoms with Crippen LogP contribution in [0.1, 0.15) is 0 Å². The monoisotopic (exact) mass is 276 g/mol. The first-order valence-electron chi connectivity index (χ1n) is 6.52. The molecule has 0 radical (unpaired) electrons. The molecular formula is C15H12N6. The SMILES string of the molecule is Nc1nc(Nc2cccc3ccccc23)c2cn[nH]c2n1. The van der Waals surface area contributed by atoms with Gasteiger partial charge in [-0.1, -0.05) is 36.4 Å². The predicted octanol–water partition coefficient (Wildman–Crippen LogP) is 2.83. The number of benzene rings is 2. The van der Waals surface area contributed by atoms with E-state index in [4.69, 9.17) is 5.73 Å². The van der Waals surface area contributed by atoms with Crippen molar-refractivity contribution in [3.05, 3.63) is 48.7 Å². The summed E-state index contributed by atoms with van der Waals surface area (Å²) in [6.45, 7) is 0. The van der Waals surface area contributed by atoms with Crippen LogP contribution >= 0.6 is 0 Å². The van der Waals surface area contributed by atoms with E-state index in [-0.39, 0.29) is 5.95 Å². The molecule has 4 aromatic rings. The van der Waals surface area contributed by atoms with Crippen molar-refractivity contribution in [1.29, 1.82) is 0 Å². The minimum absolute atomic E-state index is 0.203. The number of hydrogen-bond donors (Lipinski definition) is 3. The molecule has 2 heterocycles. The van der Waals surface area contributed by atoms with Crippen molar-refractivity contribution in [2.24, 2.45) is 0 Å². The summed E-state index contributed by atoms with van der Waals surface area (Å²) in [7, 11) is 0. The first kappa shape index (κ1) is 11.7. The first-order chi connectivity index (χ1) is 10.3. The lowest BCUT2D eigenvalue weighted by molar-refractivity contribution is 1.09. The van der Waals surface area contributed by atoms with Crippen LogP contribution in [0, 0.1) is 0 Å². The van der Waals surface area contributed by atoms with Crippen LogP contribution in [0.4, 0.5) is 17.5 Å². The van der Waals surface area contributed by atoms with E-state index in [1.165, 1.54) is 0 Å². The average molecular weight is 276 g/mol. The molecule has 0 spiro atoms. The summed E-state index contributed by atoms with van der Waals surface area (Å²) in [4.78, 5) is 8.38. The van der Waals surface area contributed by atoms with E-state index in [0.717, 1.165) is 21.8 Å². The number of nitrogens with two attached hydrogens (primary N) is 1. The van der Waals surface area contributed by atoms with Crippen molar-refractivity contribution >= 4 is 39.3 Å². The highest BCUT2D eigenvalue weighted by Crippen LogP contribution is 2.28. The van der Waals surface area contributed by atoms with Crippen LogP contribution in [-0.4, -0.2) is 20.2 Å². The average Bonchev–Trinajstić information content (AvgIpc) is 2.96. The molecule has 0 fully saturated rings. The third-order valence-corrected chi connectivity index (χ3v) is 3.37. The van der Waals surface area contributed by atoms with Crippen LogP contribution in [0.2, 0.25) is 0 Å². The summed E-state index contributed by atoms with van der Waals surface area (Å²) in [6, 6.07) is 14.2. The number of anilines is 3. The van der Waals surface area contributed by atoms with E-state index in [0.29, 0.717) is 11.5 Å². The highest BCUT2D eigenvalue weighted by atomic mass is 15.2. The maximum atomic E-state index is 5.74. The lowest BCUT2D eigenvalue weighted by atomic mass is 10.1. The van der Waals surface area contributed by atoms with E-state index in [1.54, 1.807) is 6.20 Å². The van der Waals surface area contributed by atoms with Gasteiger partial charge in [-0.05, 0) is 11.5 Å². The van der Waals surface area contributed by atoms with Gasteiger partial charge in [-0.15, -0.1) is 0 Å². The maximum Gasteiger partial charge on any atom is 0.224 e. The van der Waals surface area contributed by atoms with Crippen LogP contribution in [0.25, 0.3) is 21.8 Å². The van der Waals surface area contributed by atoms with E-state index in [2.05, 4.69) is 43.7 Å². The van der Waals surface area contributed by atoms with Crippen LogP contribution in [0.15, 0.2) is 48.7 Å². The Labute approximate surface area is 120 Å². The van der Waals surface area contributed by atoms with Gasteiger partial charge in [-0.3, -0.25) is 5.10 Å². The second-order valence-electron chi connectivity index (χ2n) is 4.71. The summed E-state index contributed by atoms with van der Waals surface area (Å²) in [5.41, 5.74) is 7.32. The molecule has 6 nitrogen and oxygen atoms in total. The Kier molecular flexibility index (Phi) is 2.47. The molecule has 2 aromatic carbocycles. The normalized spacial score (nSPS) is 11.0. The molecule has 6 heteroatoms. The fourth-order valence-corrected chi connectivity index (χ4v) is 2.41. The highest BCUT2D eigenvalue weighted by molar-refractivity contribution is 5.98. The largest absolute Gasteiger partial charge is 0.368 e. The minimum Gasteiger partial charge on any atom is -0.368 e. The lowest BCUT2D eigenvalue weighted by Gasteiger charge is -2.10. The fourth-order valence-electron chi connectivity index (χ4n) is 2.41. The van der Waals surface area contributed by atoms with Crippen molar-refractivity contribution in [3.8, 4) is 0 Å². The molecule has 0 atom stereocenters. The number of nitrogen functional groups attached to an aromatic ring is 1. The number of hydrogen-bond acceptors (Lipinski definition) is 5. The molecule has 0 saturated heterocycles. The van der Waals surface area contributed by atoms with Gasteiger partial charge in [0.2, 0.25) is 5.95 Å².